The van der Waals surface area contributed by atoms with Gasteiger partial charge in [0, 0.05) is 12.6 Å². The maximum atomic E-state index is 10.0. The third kappa shape index (κ3) is 3.06. The van der Waals surface area contributed by atoms with Crippen molar-refractivity contribution in [1.29, 1.82) is 0 Å². The number of hydrogen-bond donors (Lipinski definition) is 2. The Kier molecular flexibility index (Phi) is 3.97. The van der Waals surface area contributed by atoms with Gasteiger partial charge >= 0.3 is 0 Å². The van der Waals surface area contributed by atoms with Gasteiger partial charge in [-0.1, -0.05) is 30.3 Å². The van der Waals surface area contributed by atoms with Crippen LogP contribution in [0, 0.1) is 0 Å². The molecule has 3 heteroatoms. The van der Waals surface area contributed by atoms with Gasteiger partial charge in [0.2, 0.25) is 0 Å². The van der Waals surface area contributed by atoms with Gasteiger partial charge in [-0.25, -0.2) is 0 Å². The summed E-state index contributed by atoms with van der Waals surface area (Å²) in [7, 11) is 0. The molecule has 0 saturated heterocycles. The highest BCUT2D eigenvalue weighted by Crippen LogP contribution is 2.36. The van der Waals surface area contributed by atoms with Crippen molar-refractivity contribution in [2.24, 2.45) is 0 Å². The highest BCUT2D eigenvalue weighted by molar-refractivity contribution is 7.07. The maximum Gasteiger partial charge on any atom is 0.0922 e. The zero-order valence-electron chi connectivity index (χ0n) is 10.8. The Morgan fingerprint density at radius 3 is 2.68 bits per heavy atom. The molecule has 0 aliphatic heterocycles. The first kappa shape index (κ1) is 12.9. The van der Waals surface area contributed by atoms with Crippen LogP contribution in [0.4, 0.5) is 0 Å². The summed E-state index contributed by atoms with van der Waals surface area (Å²) in [6.07, 6.45) is 1.99. The Bertz CT molecular complexity index is 491. The number of benzene rings is 1. The first-order chi connectivity index (χ1) is 9.33. The summed E-state index contributed by atoms with van der Waals surface area (Å²) < 4.78 is 0. The van der Waals surface area contributed by atoms with Crippen LogP contribution in [0.25, 0.3) is 0 Å². The average molecular weight is 273 g/mol. The maximum absolute atomic E-state index is 10.0. The molecular formula is C16H19NOS. The fraction of sp³-hybridized carbons (Fsp3) is 0.375. The topological polar surface area (TPSA) is 32.3 Å². The molecule has 1 saturated carbocycles. The lowest BCUT2D eigenvalue weighted by molar-refractivity contribution is 0.157. The molecule has 1 heterocycles. The molecule has 1 unspecified atom stereocenters. The van der Waals surface area contributed by atoms with Gasteiger partial charge in [-0.2, -0.15) is 11.3 Å². The summed E-state index contributed by atoms with van der Waals surface area (Å²) in [6.45, 7) is 0.656. The molecule has 0 spiro atoms. The Morgan fingerprint density at radius 1 is 1.21 bits per heavy atom. The normalized spacial score (nSPS) is 23.8. The number of thiophene rings is 1. The molecule has 1 aromatic carbocycles. The second kappa shape index (κ2) is 5.87. The molecule has 1 aromatic heterocycles. The third-order valence-electron chi connectivity index (χ3n) is 3.94. The zero-order chi connectivity index (χ0) is 13.1. The summed E-state index contributed by atoms with van der Waals surface area (Å²) >= 11 is 1.63. The first-order valence-electron chi connectivity index (χ1n) is 6.81. The smallest absolute Gasteiger partial charge is 0.0922 e. The number of hydrogen-bond acceptors (Lipinski definition) is 3. The number of nitrogens with one attached hydrogen (secondary N) is 1. The van der Waals surface area contributed by atoms with Crippen molar-refractivity contribution in [3.05, 3.63) is 58.3 Å². The number of aliphatic hydroxyl groups is 1. The molecule has 3 rings (SSSR count). The van der Waals surface area contributed by atoms with E-state index in [0.717, 1.165) is 5.56 Å². The molecule has 19 heavy (non-hydrogen) atoms. The van der Waals surface area contributed by atoms with Gasteiger partial charge in [0.05, 0.1) is 6.10 Å². The summed E-state index contributed by atoms with van der Waals surface area (Å²) in [4.78, 5) is 0. The molecule has 2 aromatic rings. The summed E-state index contributed by atoms with van der Waals surface area (Å²) in [5.74, 6) is 0.692. The minimum atomic E-state index is -0.373. The zero-order valence-corrected chi connectivity index (χ0v) is 11.6. The monoisotopic (exact) mass is 273 g/mol. The minimum absolute atomic E-state index is 0.373. The van der Waals surface area contributed by atoms with Gasteiger partial charge in [-0.15, -0.1) is 0 Å². The Labute approximate surface area is 118 Å². The van der Waals surface area contributed by atoms with Crippen molar-refractivity contribution >= 4 is 11.3 Å². The minimum Gasteiger partial charge on any atom is -0.387 e. The van der Waals surface area contributed by atoms with Crippen LogP contribution in [0.1, 0.15) is 36.0 Å². The van der Waals surface area contributed by atoms with Crippen LogP contribution in [0.3, 0.4) is 0 Å². The lowest BCUT2D eigenvalue weighted by atomic mass is 9.76. The van der Waals surface area contributed by atoms with Crippen LogP contribution in [-0.2, 0) is 0 Å². The molecule has 0 amide bonds. The Morgan fingerprint density at radius 2 is 2.00 bits per heavy atom. The van der Waals surface area contributed by atoms with E-state index in [1.807, 2.05) is 16.8 Å². The van der Waals surface area contributed by atoms with E-state index in [4.69, 9.17) is 0 Å². The molecule has 100 valence electrons. The van der Waals surface area contributed by atoms with Crippen molar-refractivity contribution in [2.75, 3.05) is 6.54 Å². The quantitative estimate of drug-likeness (QED) is 0.876. The van der Waals surface area contributed by atoms with E-state index >= 15 is 0 Å². The van der Waals surface area contributed by atoms with E-state index in [-0.39, 0.29) is 6.10 Å². The fourth-order valence-electron chi connectivity index (χ4n) is 2.64. The predicted octanol–water partition coefficient (Wildman–Crippen LogP) is 3.32. The van der Waals surface area contributed by atoms with E-state index in [2.05, 4.69) is 35.6 Å². The lowest BCUT2D eigenvalue weighted by Gasteiger charge is -2.37. The third-order valence-corrected chi connectivity index (χ3v) is 4.64. The molecule has 1 atom stereocenters. The molecule has 2 N–H and O–H groups in total. The van der Waals surface area contributed by atoms with Crippen molar-refractivity contribution in [3.8, 4) is 0 Å². The van der Waals surface area contributed by atoms with E-state index in [1.165, 1.54) is 18.4 Å². The van der Waals surface area contributed by atoms with Gasteiger partial charge in [0.15, 0.2) is 0 Å². The van der Waals surface area contributed by atoms with Gasteiger partial charge in [0.25, 0.3) is 0 Å². The summed E-state index contributed by atoms with van der Waals surface area (Å²) in [5, 5.41) is 17.5. The second-order valence-electron chi connectivity index (χ2n) is 5.26. The van der Waals surface area contributed by atoms with Crippen molar-refractivity contribution in [3.63, 3.8) is 0 Å². The van der Waals surface area contributed by atoms with Crippen molar-refractivity contribution in [2.45, 2.75) is 30.9 Å². The first-order valence-corrected chi connectivity index (χ1v) is 7.75. The van der Waals surface area contributed by atoms with Crippen LogP contribution >= 0.6 is 11.3 Å². The average Bonchev–Trinajstić information content (AvgIpc) is 2.92. The van der Waals surface area contributed by atoms with Crippen molar-refractivity contribution < 1.29 is 5.11 Å². The summed E-state index contributed by atoms with van der Waals surface area (Å²) in [5.41, 5.74) is 2.47. The molecule has 2 nitrogen and oxygen atoms in total. The molecule has 1 fully saturated rings. The summed E-state index contributed by atoms with van der Waals surface area (Å²) in [6, 6.07) is 13.2. The van der Waals surface area contributed by atoms with Crippen LogP contribution in [-0.4, -0.2) is 17.7 Å². The van der Waals surface area contributed by atoms with Crippen LogP contribution in [0.15, 0.2) is 47.2 Å². The van der Waals surface area contributed by atoms with Crippen molar-refractivity contribution in [1.82, 2.24) is 5.32 Å². The van der Waals surface area contributed by atoms with Gasteiger partial charge in [-0.3, -0.25) is 0 Å². The van der Waals surface area contributed by atoms with E-state index in [1.54, 1.807) is 11.3 Å². The second-order valence-corrected chi connectivity index (χ2v) is 6.04. The predicted molar refractivity (Wildman–Crippen MR) is 79.5 cm³/mol. The van der Waals surface area contributed by atoms with E-state index < -0.39 is 0 Å². The lowest BCUT2D eigenvalue weighted by Crippen LogP contribution is -2.41. The van der Waals surface area contributed by atoms with Crippen LogP contribution < -0.4 is 5.32 Å². The standard InChI is InChI=1S/C16H19NOS/c18-16(13-6-7-19-11-13)10-17-15-8-14(9-15)12-4-2-1-3-5-12/h1-7,11,14-18H,8-10H2. The van der Waals surface area contributed by atoms with Crippen LogP contribution in [0.5, 0.6) is 0 Å². The molecule has 1 aliphatic rings. The largest absolute Gasteiger partial charge is 0.387 e. The molecule has 0 bridgehead atoms. The van der Waals surface area contributed by atoms with E-state index in [9.17, 15) is 5.11 Å². The molecule has 1 aliphatic carbocycles. The molecule has 0 radical (unpaired) electrons. The highest BCUT2D eigenvalue weighted by atomic mass is 32.1. The van der Waals surface area contributed by atoms with Gasteiger partial charge < -0.3 is 10.4 Å². The molecular weight excluding hydrogens is 254 g/mol. The highest BCUT2D eigenvalue weighted by Gasteiger charge is 2.30. The number of aliphatic hydroxyl groups excluding tert-OH is 1. The van der Waals surface area contributed by atoms with Crippen LogP contribution in [0.2, 0.25) is 0 Å². The Balaban J connectivity index is 1.43. The van der Waals surface area contributed by atoms with Gasteiger partial charge in [0.1, 0.15) is 0 Å². The fourth-order valence-corrected chi connectivity index (χ4v) is 3.35. The van der Waals surface area contributed by atoms with E-state index in [0.29, 0.717) is 18.5 Å². The Hall–Kier alpha value is -1.16. The SMILES string of the molecule is OC(CNC1CC(c2ccccc2)C1)c1ccsc1. The number of rotatable bonds is 5. The van der Waals surface area contributed by atoms with Gasteiger partial charge in [-0.05, 0) is 46.7 Å².